The zero-order valence-corrected chi connectivity index (χ0v) is 10.3. The van der Waals surface area contributed by atoms with Gasteiger partial charge in [0.2, 0.25) is 0 Å². The molecule has 96 valence electrons. The third-order valence-electron chi connectivity index (χ3n) is 3.18. The number of anilines is 1. The van der Waals surface area contributed by atoms with Crippen LogP contribution in [0.2, 0.25) is 0 Å². The van der Waals surface area contributed by atoms with Crippen LogP contribution < -0.4 is 5.32 Å². The molecule has 2 heterocycles. The van der Waals surface area contributed by atoms with Crippen LogP contribution in [0.25, 0.3) is 10.2 Å². The maximum absolute atomic E-state index is 12.9. The highest BCUT2D eigenvalue weighted by Crippen LogP contribution is 2.51. The summed E-state index contributed by atoms with van der Waals surface area (Å²) in [6.07, 6.45) is -2.73. The minimum atomic E-state index is -4.24. The molecule has 3 rings (SSSR count). The standard InChI is InChI=1S/C11H10F3N3S/c1-6-4-18-8-7(6)15-5-16-9(8)17-10(2-3-10)11(12,13)14/h4-5H,2-3H2,1H3,(H,15,16,17). The van der Waals surface area contributed by atoms with Crippen LogP contribution in [0.4, 0.5) is 19.0 Å². The summed E-state index contributed by atoms with van der Waals surface area (Å²) in [5, 5.41) is 4.43. The van der Waals surface area contributed by atoms with Crippen LogP contribution in [0, 0.1) is 6.92 Å². The van der Waals surface area contributed by atoms with E-state index >= 15 is 0 Å². The Bertz CT molecular complexity index is 601. The Morgan fingerprint density at radius 1 is 1.33 bits per heavy atom. The first-order chi connectivity index (χ1) is 8.43. The van der Waals surface area contributed by atoms with E-state index in [1.54, 1.807) is 0 Å². The summed E-state index contributed by atoms with van der Waals surface area (Å²) in [4.78, 5) is 8.04. The number of hydrogen-bond donors (Lipinski definition) is 1. The van der Waals surface area contributed by atoms with Crippen molar-refractivity contribution in [3.63, 3.8) is 0 Å². The lowest BCUT2D eigenvalue weighted by Crippen LogP contribution is -2.38. The van der Waals surface area contributed by atoms with Gasteiger partial charge in [0, 0.05) is 0 Å². The third-order valence-corrected chi connectivity index (χ3v) is 4.28. The Hall–Kier alpha value is -1.37. The maximum atomic E-state index is 12.9. The second-order valence-electron chi connectivity index (χ2n) is 4.52. The summed E-state index contributed by atoms with van der Waals surface area (Å²) in [5.41, 5.74) is -0.112. The molecular weight excluding hydrogens is 263 g/mol. The topological polar surface area (TPSA) is 37.8 Å². The molecule has 0 aromatic carbocycles. The Balaban J connectivity index is 2.01. The van der Waals surface area contributed by atoms with Crippen molar-refractivity contribution in [3.8, 4) is 0 Å². The van der Waals surface area contributed by atoms with Gasteiger partial charge >= 0.3 is 6.18 Å². The lowest BCUT2D eigenvalue weighted by Gasteiger charge is -2.21. The minimum Gasteiger partial charge on any atom is -0.355 e. The zero-order chi connectivity index (χ0) is 13.0. The van der Waals surface area contributed by atoms with Gasteiger partial charge in [-0.3, -0.25) is 0 Å². The van der Waals surface area contributed by atoms with Crippen molar-refractivity contribution in [1.29, 1.82) is 0 Å². The van der Waals surface area contributed by atoms with Gasteiger partial charge in [-0.25, -0.2) is 9.97 Å². The van der Waals surface area contributed by atoms with Crippen LogP contribution in [0.5, 0.6) is 0 Å². The Morgan fingerprint density at radius 2 is 2.06 bits per heavy atom. The molecule has 2 aromatic rings. The quantitative estimate of drug-likeness (QED) is 0.910. The molecule has 0 spiro atoms. The van der Waals surface area contributed by atoms with E-state index in [0.29, 0.717) is 4.70 Å². The third kappa shape index (κ3) is 1.65. The van der Waals surface area contributed by atoms with Gasteiger partial charge < -0.3 is 5.32 Å². The number of rotatable bonds is 2. The highest BCUT2D eigenvalue weighted by atomic mass is 32.1. The lowest BCUT2D eigenvalue weighted by molar-refractivity contribution is -0.151. The van der Waals surface area contributed by atoms with Crippen molar-refractivity contribution in [2.45, 2.75) is 31.5 Å². The molecular formula is C11H10F3N3S. The van der Waals surface area contributed by atoms with Gasteiger partial charge in [-0.15, -0.1) is 11.3 Å². The summed E-state index contributed by atoms with van der Waals surface area (Å²) in [5.74, 6) is 0.285. The zero-order valence-electron chi connectivity index (χ0n) is 9.51. The van der Waals surface area contributed by atoms with Crippen molar-refractivity contribution < 1.29 is 13.2 Å². The number of alkyl halides is 3. The monoisotopic (exact) mass is 273 g/mol. The molecule has 0 unspecified atom stereocenters. The molecule has 1 aliphatic rings. The SMILES string of the molecule is Cc1csc2c(NC3(C(F)(F)F)CC3)ncnc12. The first kappa shape index (κ1) is 11.7. The summed E-state index contributed by atoms with van der Waals surface area (Å²) < 4.78 is 39.3. The van der Waals surface area contributed by atoms with E-state index in [9.17, 15) is 13.2 Å². The molecule has 3 nitrogen and oxygen atoms in total. The number of halogens is 3. The fourth-order valence-electron chi connectivity index (χ4n) is 1.89. The summed E-state index contributed by atoms with van der Waals surface area (Å²) in [7, 11) is 0. The van der Waals surface area contributed by atoms with Gasteiger partial charge in [0.15, 0.2) is 0 Å². The van der Waals surface area contributed by atoms with E-state index in [0.717, 1.165) is 11.1 Å². The normalized spacial score (nSPS) is 18.0. The largest absolute Gasteiger partial charge is 0.411 e. The van der Waals surface area contributed by atoms with Crippen molar-refractivity contribution in [3.05, 3.63) is 17.3 Å². The molecule has 0 amide bonds. The van der Waals surface area contributed by atoms with E-state index in [1.807, 2.05) is 12.3 Å². The van der Waals surface area contributed by atoms with Crippen molar-refractivity contribution in [1.82, 2.24) is 9.97 Å². The van der Waals surface area contributed by atoms with Crippen LogP contribution in [0.15, 0.2) is 11.7 Å². The smallest absolute Gasteiger partial charge is 0.355 e. The maximum Gasteiger partial charge on any atom is 0.411 e. The highest BCUT2D eigenvalue weighted by molar-refractivity contribution is 7.18. The second kappa shape index (κ2) is 3.57. The molecule has 7 heteroatoms. The summed E-state index contributed by atoms with van der Waals surface area (Å²) in [6, 6.07) is 0. The predicted molar refractivity (Wildman–Crippen MR) is 63.8 cm³/mol. The summed E-state index contributed by atoms with van der Waals surface area (Å²) >= 11 is 1.36. The van der Waals surface area contributed by atoms with E-state index in [4.69, 9.17) is 0 Å². The number of nitrogens with one attached hydrogen (secondary N) is 1. The van der Waals surface area contributed by atoms with E-state index in [1.165, 1.54) is 17.7 Å². The van der Waals surface area contributed by atoms with Crippen molar-refractivity contribution in [2.75, 3.05) is 5.32 Å². The molecule has 0 atom stereocenters. The average Bonchev–Trinajstić information content (AvgIpc) is 2.99. The lowest BCUT2D eigenvalue weighted by atomic mass is 10.2. The fourth-order valence-corrected chi connectivity index (χ4v) is 2.84. The van der Waals surface area contributed by atoms with Gasteiger partial charge in [0.25, 0.3) is 0 Å². The molecule has 1 saturated carbocycles. The predicted octanol–water partition coefficient (Wildman–Crippen LogP) is 3.51. The van der Waals surface area contributed by atoms with E-state index in [2.05, 4.69) is 15.3 Å². The summed E-state index contributed by atoms with van der Waals surface area (Å²) in [6.45, 7) is 1.88. The Morgan fingerprint density at radius 3 is 2.67 bits per heavy atom. The number of thiophene rings is 1. The first-order valence-corrected chi connectivity index (χ1v) is 6.35. The highest BCUT2D eigenvalue weighted by Gasteiger charge is 2.63. The fraction of sp³-hybridized carbons (Fsp3) is 0.455. The van der Waals surface area contributed by atoms with Crippen LogP contribution in [-0.4, -0.2) is 21.7 Å². The van der Waals surface area contributed by atoms with Gasteiger partial charge in [0.05, 0.1) is 10.2 Å². The van der Waals surface area contributed by atoms with Gasteiger partial charge in [0.1, 0.15) is 17.7 Å². The average molecular weight is 273 g/mol. The van der Waals surface area contributed by atoms with Crippen LogP contribution in [0.1, 0.15) is 18.4 Å². The van der Waals surface area contributed by atoms with Crippen LogP contribution in [-0.2, 0) is 0 Å². The van der Waals surface area contributed by atoms with E-state index < -0.39 is 11.7 Å². The van der Waals surface area contributed by atoms with E-state index in [-0.39, 0.29) is 18.7 Å². The Labute approximate surface area is 105 Å². The number of aryl methyl sites for hydroxylation is 1. The van der Waals surface area contributed by atoms with Crippen LogP contribution in [0.3, 0.4) is 0 Å². The van der Waals surface area contributed by atoms with Gasteiger partial charge in [-0.05, 0) is 30.7 Å². The van der Waals surface area contributed by atoms with Gasteiger partial charge in [-0.2, -0.15) is 13.2 Å². The number of fused-ring (bicyclic) bond motifs is 1. The van der Waals surface area contributed by atoms with Crippen molar-refractivity contribution in [2.24, 2.45) is 0 Å². The molecule has 1 fully saturated rings. The van der Waals surface area contributed by atoms with Crippen LogP contribution >= 0.6 is 11.3 Å². The number of aromatic nitrogens is 2. The first-order valence-electron chi connectivity index (χ1n) is 5.47. The Kier molecular flexibility index (Phi) is 2.32. The molecule has 0 bridgehead atoms. The molecule has 0 radical (unpaired) electrons. The molecule has 0 saturated heterocycles. The molecule has 18 heavy (non-hydrogen) atoms. The van der Waals surface area contributed by atoms with Gasteiger partial charge in [-0.1, -0.05) is 0 Å². The number of hydrogen-bond acceptors (Lipinski definition) is 4. The molecule has 0 aliphatic heterocycles. The molecule has 2 aromatic heterocycles. The minimum absolute atomic E-state index is 0.104. The van der Waals surface area contributed by atoms with Crippen molar-refractivity contribution >= 4 is 27.4 Å². The molecule has 1 N–H and O–H groups in total. The number of nitrogens with zero attached hydrogens (tertiary/aromatic N) is 2. The molecule has 1 aliphatic carbocycles. The second-order valence-corrected chi connectivity index (χ2v) is 5.40.